The van der Waals surface area contributed by atoms with E-state index in [2.05, 4.69) is 74.6 Å². The average Bonchev–Trinajstić information content (AvgIpc) is 3.28. The number of carbonyl (C=O) groups excluding carboxylic acids is 1. The fourth-order valence-corrected chi connectivity index (χ4v) is 7.90. The van der Waals surface area contributed by atoms with E-state index in [4.69, 9.17) is 18.5 Å². The van der Waals surface area contributed by atoms with Crippen LogP contribution in [0.3, 0.4) is 0 Å². The molecular formula is C51H87O12P. The Kier molecular flexibility index (Phi) is 37.9. The van der Waals surface area contributed by atoms with Gasteiger partial charge in [-0.15, -0.1) is 0 Å². The number of carbonyl (C=O) groups is 1. The fraction of sp³-hybridized carbons (Fsp3) is 0.706. The number of ether oxygens (including phenoxy) is 2. The summed E-state index contributed by atoms with van der Waals surface area (Å²) in [6.45, 7) is 4.01. The Morgan fingerprint density at radius 2 is 0.922 bits per heavy atom. The summed E-state index contributed by atoms with van der Waals surface area (Å²) >= 11 is 0. The molecule has 64 heavy (non-hydrogen) atoms. The lowest BCUT2D eigenvalue weighted by molar-refractivity contribution is -0.220. The van der Waals surface area contributed by atoms with E-state index in [9.17, 15) is 39.8 Å². The number of hydrogen-bond acceptors (Lipinski definition) is 11. The molecule has 0 heterocycles. The number of unbranched alkanes of at least 4 members (excludes halogenated alkanes) is 15. The van der Waals surface area contributed by atoms with Gasteiger partial charge < -0.3 is 39.9 Å². The minimum Gasteiger partial charge on any atom is -0.457 e. The number of aliphatic hydroxyl groups excluding tert-OH is 5. The molecule has 6 unspecified atom stereocenters. The van der Waals surface area contributed by atoms with Crippen LogP contribution in [0.1, 0.15) is 168 Å². The molecule has 0 aromatic carbocycles. The first-order valence-electron chi connectivity index (χ1n) is 24.4. The molecule has 0 saturated heterocycles. The van der Waals surface area contributed by atoms with Crippen molar-refractivity contribution in [3.8, 4) is 0 Å². The normalized spacial score (nSPS) is 22.4. The molecule has 0 amide bonds. The van der Waals surface area contributed by atoms with Gasteiger partial charge in [-0.05, 0) is 70.6 Å². The predicted octanol–water partition coefficient (Wildman–Crippen LogP) is 10.5. The molecule has 368 valence electrons. The minimum atomic E-state index is -5.05. The van der Waals surface area contributed by atoms with Crippen LogP contribution in [0.15, 0.2) is 85.1 Å². The first-order valence-corrected chi connectivity index (χ1v) is 25.9. The highest BCUT2D eigenvalue weighted by Crippen LogP contribution is 2.47. The zero-order valence-electron chi connectivity index (χ0n) is 39.3. The highest BCUT2D eigenvalue weighted by molar-refractivity contribution is 7.47. The standard InChI is InChI=1S/C51H87O12P/c1-3-5-7-9-11-13-15-17-19-20-21-22-23-24-25-27-29-31-33-35-37-39-41-60-42-44(43-61-64(58,59)63-51-49(56)47(54)46(53)48(55)50(51)57)62-45(52)40-38-36-34-32-30-28-26-18-16-14-12-10-8-6-4-2/h6,8,12,14-15,17-18,20-21,26,30,32,36,38,44,46-51,53-57H,3-5,7,9-11,13,16,19,22-25,27-29,31,33-35,37,39-43H2,1-2H3,(H,58,59)/b8-6-,14-12-,17-15-,21-20-,26-18-,32-30-,38-36-. The number of allylic oxidation sites excluding steroid dienone is 13. The van der Waals surface area contributed by atoms with Gasteiger partial charge in [0.05, 0.1) is 19.6 Å². The van der Waals surface area contributed by atoms with Crippen LogP contribution in [0.25, 0.3) is 0 Å². The van der Waals surface area contributed by atoms with Crippen molar-refractivity contribution in [1.82, 2.24) is 0 Å². The van der Waals surface area contributed by atoms with Crippen molar-refractivity contribution in [2.75, 3.05) is 19.8 Å². The van der Waals surface area contributed by atoms with Crippen LogP contribution < -0.4 is 0 Å². The van der Waals surface area contributed by atoms with Gasteiger partial charge in [-0.25, -0.2) is 4.57 Å². The topological polar surface area (TPSA) is 192 Å². The molecule has 0 aromatic heterocycles. The van der Waals surface area contributed by atoms with E-state index in [1.807, 2.05) is 18.2 Å². The van der Waals surface area contributed by atoms with Crippen LogP contribution in [-0.2, 0) is 27.9 Å². The predicted molar refractivity (Wildman–Crippen MR) is 258 cm³/mol. The smallest absolute Gasteiger partial charge is 0.457 e. The molecule has 0 bridgehead atoms. The van der Waals surface area contributed by atoms with Gasteiger partial charge in [-0.3, -0.25) is 13.8 Å². The Bertz CT molecular complexity index is 1380. The summed E-state index contributed by atoms with van der Waals surface area (Å²) in [5.41, 5.74) is 0. The fourth-order valence-electron chi connectivity index (χ4n) is 6.93. The third kappa shape index (κ3) is 32.2. The maximum atomic E-state index is 12.8. The van der Waals surface area contributed by atoms with E-state index < -0.39 is 63.1 Å². The van der Waals surface area contributed by atoms with Crippen LogP contribution in [0.5, 0.6) is 0 Å². The monoisotopic (exact) mass is 923 g/mol. The zero-order valence-corrected chi connectivity index (χ0v) is 40.2. The second-order valence-electron chi connectivity index (χ2n) is 16.6. The lowest BCUT2D eigenvalue weighted by Gasteiger charge is -2.41. The van der Waals surface area contributed by atoms with Gasteiger partial charge in [-0.1, -0.05) is 176 Å². The molecule has 0 radical (unpaired) electrons. The van der Waals surface area contributed by atoms with E-state index >= 15 is 0 Å². The highest BCUT2D eigenvalue weighted by atomic mass is 31.2. The summed E-state index contributed by atoms with van der Waals surface area (Å²) < 4.78 is 34.1. The quantitative estimate of drug-likeness (QED) is 0.0148. The maximum Gasteiger partial charge on any atom is 0.472 e. The number of aliphatic hydroxyl groups is 5. The molecule has 1 saturated carbocycles. The first-order chi connectivity index (χ1) is 31.0. The molecule has 1 fully saturated rings. The van der Waals surface area contributed by atoms with Gasteiger partial charge >= 0.3 is 13.8 Å². The Morgan fingerprint density at radius 3 is 1.41 bits per heavy atom. The van der Waals surface area contributed by atoms with Crippen molar-refractivity contribution < 1.29 is 58.3 Å². The van der Waals surface area contributed by atoms with Crippen LogP contribution in [0, 0.1) is 0 Å². The number of phosphoric ester groups is 1. The summed E-state index contributed by atoms with van der Waals surface area (Å²) in [5, 5.41) is 50.2. The van der Waals surface area contributed by atoms with Gasteiger partial charge in [0.15, 0.2) is 0 Å². The molecule has 1 aliphatic carbocycles. The van der Waals surface area contributed by atoms with Gasteiger partial charge in [-0.2, -0.15) is 0 Å². The minimum absolute atomic E-state index is 0.0509. The van der Waals surface area contributed by atoms with E-state index in [-0.39, 0.29) is 13.0 Å². The highest BCUT2D eigenvalue weighted by Gasteiger charge is 2.51. The van der Waals surface area contributed by atoms with Gasteiger partial charge in [0.25, 0.3) is 0 Å². The Morgan fingerprint density at radius 1 is 0.516 bits per heavy atom. The third-order valence-corrected chi connectivity index (χ3v) is 11.8. The molecule has 0 aromatic rings. The van der Waals surface area contributed by atoms with Crippen molar-refractivity contribution in [1.29, 1.82) is 0 Å². The van der Waals surface area contributed by atoms with Crippen LogP contribution in [-0.4, -0.2) is 98.9 Å². The van der Waals surface area contributed by atoms with Crippen molar-refractivity contribution in [3.63, 3.8) is 0 Å². The largest absolute Gasteiger partial charge is 0.472 e. The summed E-state index contributed by atoms with van der Waals surface area (Å²) in [7, 11) is -5.05. The van der Waals surface area contributed by atoms with Crippen LogP contribution in [0.4, 0.5) is 0 Å². The summed E-state index contributed by atoms with van der Waals surface area (Å²) in [4.78, 5) is 23.1. The number of phosphoric acid groups is 1. The Balaban J connectivity index is 2.40. The molecular weight excluding hydrogens is 836 g/mol. The van der Waals surface area contributed by atoms with Crippen LogP contribution >= 0.6 is 7.82 Å². The van der Waals surface area contributed by atoms with Crippen molar-refractivity contribution in [3.05, 3.63) is 85.1 Å². The summed E-state index contributed by atoms with van der Waals surface area (Å²) in [6.07, 6.45) is 42.5. The van der Waals surface area contributed by atoms with Crippen molar-refractivity contribution in [2.24, 2.45) is 0 Å². The molecule has 1 aliphatic rings. The molecule has 0 aliphatic heterocycles. The first kappa shape index (κ1) is 59.5. The van der Waals surface area contributed by atoms with Crippen LogP contribution in [0.2, 0.25) is 0 Å². The van der Waals surface area contributed by atoms with E-state index in [0.29, 0.717) is 13.0 Å². The second-order valence-corrected chi connectivity index (χ2v) is 18.0. The van der Waals surface area contributed by atoms with Crippen molar-refractivity contribution >= 4 is 13.8 Å². The zero-order chi connectivity index (χ0) is 46.9. The van der Waals surface area contributed by atoms with Gasteiger partial charge in [0.1, 0.15) is 42.7 Å². The molecule has 6 N–H and O–H groups in total. The average molecular weight is 923 g/mol. The van der Waals surface area contributed by atoms with Crippen molar-refractivity contribution in [2.45, 2.75) is 211 Å². The second kappa shape index (κ2) is 40.8. The lowest BCUT2D eigenvalue weighted by atomic mass is 9.85. The molecule has 13 heteroatoms. The molecule has 6 atom stereocenters. The molecule has 1 rings (SSSR count). The SMILES string of the molecule is CC/C=C\C/C=C\C/C=C\C/C=C\C/C=C\CC(=O)OC(COCCCCCCCCCCCC/C=C\C/C=C\CCCCCCC)COP(=O)(O)OC1C(O)C(O)C(O)C(O)C1O. The third-order valence-electron chi connectivity index (χ3n) is 10.8. The number of rotatable bonds is 40. The maximum absolute atomic E-state index is 12.8. The molecule has 0 spiro atoms. The summed E-state index contributed by atoms with van der Waals surface area (Å²) in [6, 6.07) is 0. The molecule has 12 nitrogen and oxygen atoms in total. The van der Waals surface area contributed by atoms with Gasteiger partial charge in [0, 0.05) is 6.61 Å². The van der Waals surface area contributed by atoms with Gasteiger partial charge in [0.2, 0.25) is 0 Å². The number of hydrogen-bond donors (Lipinski definition) is 6. The Labute approximate surface area is 386 Å². The van der Waals surface area contributed by atoms with E-state index in [1.54, 1.807) is 6.08 Å². The lowest BCUT2D eigenvalue weighted by Crippen LogP contribution is -2.64. The van der Waals surface area contributed by atoms with E-state index in [0.717, 1.165) is 64.2 Å². The summed E-state index contributed by atoms with van der Waals surface area (Å²) in [5.74, 6) is -0.607. The van der Waals surface area contributed by atoms with E-state index in [1.165, 1.54) is 77.0 Å². The number of esters is 1. The Hall–Kier alpha value is -2.48.